The van der Waals surface area contributed by atoms with Crippen molar-refractivity contribution in [2.24, 2.45) is 0 Å². The van der Waals surface area contributed by atoms with Crippen molar-refractivity contribution in [3.05, 3.63) is 46.5 Å². The van der Waals surface area contributed by atoms with Crippen LogP contribution >= 0.6 is 0 Å². The van der Waals surface area contributed by atoms with Crippen LogP contribution < -0.4 is 18.9 Å². The maximum Gasteiger partial charge on any atom is 0.302 e. The van der Waals surface area contributed by atoms with Crippen LogP contribution in [0.2, 0.25) is 0 Å². The van der Waals surface area contributed by atoms with Crippen molar-refractivity contribution in [3.8, 4) is 23.0 Å². The maximum atomic E-state index is 11.2. The second-order valence-electron chi connectivity index (χ2n) is 7.57. The molecule has 0 N–H and O–H groups in total. The number of hydrogen-bond donors (Lipinski definition) is 0. The molecule has 2 aliphatic rings. The summed E-state index contributed by atoms with van der Waals surface area (Å²) in [6, 6.07) is 8.30. The number of fused-ring (bicyclic) bond motifs is 2. The monoisotopic (exact) mass is 413 g/mol. The fourth-order valence-electron chi connectivity index (χ4n) is 4.30. The highest BCUT2D eigenvalue weighted by molar-refractivity contribution is 5.66. The molecule has 4 rings (SSSR count). The lowest BCUT2D eigenvalue weighted by molar-refractivity contribution is -0.140. The Kier molecular flexibility index (Phi) is 5.72. The van der Waals surface area contributed by atoms with Crippen LogP contribution in [-0.4, -0.2) is 45.5 Å². The molecule has 1 unspecified atom stereocenters. The molecule has 30 heavy (non-hydrogen) atoms. The van der Waals surface area contributed by atoms with Crippen molar-refractivity contribution in [1.82, 2.24) is 4.90 Å². The lowest BCUT2D eigenvalue weighted by atomic mass is 9.86. The molecule has 2 aromatic carbocycles. The Morgan fingerprint density at radius 1 is 1.17 bits per heavy atom. The normalized spacial score (nSPS) is 17.4. The first kappa shape index (κ1) is 20.3. The molecule has 0 saturated carbocycles. The number of esters is 1. The van der Waals surface area contributed by atoms with Gasteiger partial charge in [0.1, 0.15) is 0 Å². The summed E-state index contributed by atoms with van der Waals surface area (Å²) in [6.45, 7) is 2.72. The van der Waals surface area contributed by atoms with Gasteiger partial charge in [0, 0.05) is 31.5 Å². The first-order chi connectivity index (χ1) is 14.5. The van der Waals surface area contributed by atoms with E-state index in [1.165, 1.54) is 12.5 Å². The highest BCUT2D eigenvalue weighted by Gasteiger charge is 2.31. The maximum absolute atomic E-state index is 11.2. The Labute approximate surface area is 176 Å². The number of likely N-dealkylation sites (N-methyl/N-ethyl adjacent to an activating group) is 1. The van der Waals surface area contributed by atoms with E-state index in [4.69, 9.17) is 23.7 Å². The van der Waals surface area contributed by atoms with Gasteiger partial charge in [0.05, 0.1) is 20.8 Å². The van der Waals surface area contributed by atoms with Gasteiger partial charge in [0.2, 0.25) is 6.79 Å². The molecule has 2 aromatic rings. The molecule has 7 nitrogen and oxygen atoms in total. The van der Waals surface area contributed by atoms with E-state index < -0.39 is 0 Å². The Morgan fingerprint density at radius 2 is 1.93 bits per heavy atom. The van der Waals surface area contributed by atoms with Gasteiger partial charge in [-0.15, -0.1) is 0 Å². The van der Waals surface area contributed by atoms with Crippen LogP contribution in [0.1, 0.15) is 35.2 Å². The number of hydrogen-bond acceptors (Lipinski definition) is 7. The van der Waals surface area contributed by atoms with Gasteiger partial charge in [-0.05, 0) is 48.4 Å². The minimum Gasteiger partial charge on any atom is -0.493 e. The van der Waals surface area contributed by atoms with Gasteiger partial charge in [-0.1, -0.05) is 6.07 Å². The van der Waals surface area contributed by atoms with Gasteiger partial charge in [0.25, 0.3) is 0 Å². The summed E-state index contributed by atoms with van der Waals surface area (Å²) in [5.74, 6) is 2.76. The average molecular weight is 413 g/mol. The van der Waals surface area contributed by atoms with Crippen molar-refractivity contribution in [3.63, 3.8) is 0 Å². The minimum atomic E-state index is -0.276. The molecular weight excluding hydrogens is 386 g/mol. The van der Waals surface area contributed by atoms with Crippen LogP contribution in [0.25, 0.3) is 0 Å². The van der Waals surface area contributed by atoms with Crippen molar-refractivity contribution in [1.29, 1.82) is 0 Å². The van der Waals surface area contributed by atoms with Crippen LogP contribution in [0.3, 0.4) is 0 Å². The first-order valence-electron chi connectivity index (χ1n) is 10.0. The molecule has 0 bridgehead atoms. The quantitative estimate of drug-likeness (QED) is 0.674. The van der Waals surface area contributed by atoms with E-state index in [0.29, 0.717) is 13.0 Å². The number of rotatable bonds is 6. The summed E-state index contributed by atoms with van der Waals surface area (Å²) in [5, 5.41) is 0. The molecule has 0 aliphatic carbocycles. The van der Waals surface area contributed by atoms with Gasteiger partial charge in [-0.2, -0.15) is 0 Å². The fraction of sp³-hybridized carbons (Fsp3) is 0.435. The Morgan fingerprint density at radius 3 is 2.63 bits per heavy atom. The number of benzene rings is 2. The predicted molar refractivity (Wildman–Crippen MR) is 110 cm³/mol. The van der Waals surface area contributed by atoms with E-state index in [9.17, 15) is 4.79 Å². The molecule has 160 valence electrons. The molecule has 2 heterocycles. The summed E-state index contributed by atoms with van der Waals surface area (Å²) in [4.78, 5) is 13.5. The summed E-state index contributed by atoms with van der Waals surface area (Å²) in [6.07, 6.45) is 1.45. The summed E-state index contributed by atoms with van der Waals surface area (Å²) in [7, 11) is 5.43. The zero-order valence-corrected chi connectivity index (χ0v) is 17.8. The standard InChI is InChI=1S/C23H27NO6/c1-14(25)28-8-7-16-10-21-22(30-13-29-21)11-17(16)19-9-15-5-6-20(26-3)23(27-4)18(15)12-24(19)2/h5-6,10-11,19H,7-9,12-13H2,1-4H3. The third-order valence-electron chi connectivity index (χ3n) is 5.77. The number of ether oxygens (including phenoxy) is 5. The van der Waals surface area contributed by atoms with Crippen LogP contribution in [0.15, 0.2) is 24.3 Å². The molecule has 0 saturated heterocycles. The van der Waals surface area contributed by atoms with Crippen LogP contribution in [-0.2, 0) is 28.9 Å². The van der Waals surface area contributed by atoms with Crippen molar-refractivity contribution in [2.45, 2.75) is 32.4 Å². The molecule has 2 aliphatic heterocycles. The van der Waals surface area contributed by atoms with Gasteiger partial charge < -0.3 is 23.7 Å². The Bertz CT molecular complexity index is 957. The summed E-state index contributed by atoms with van der Waals surface area (Å²) < 4.78 is 27.5. The van der Waals surface area contributed by atoms with Gasteiger partial charge >= 0.3 is 5.97 Å². The van der Waals surface area contributed by atoms with E-state index in [1.54, 1.807) is 14.2 Å². The van der Waals surface area contributed by atoms with Crippen molar-refractivity contribution < 1.29 is 28.5 Å². The van der Waals surface area contributed by atoms with Gasteiger partial charge in [-0.3, -0.25) is 9.69 Å². The molecule has 0 radical (unpaired) electrons. The lowest BCUT2D eigenvalue weighted by Gasteiger charge is -2.36. The van der Waals surface area contributed by atoms with Crippen LogP contribution in [0, 0.1) is 0 Å². The zero-order valence-electron chi connectivity index (χ0n) is 17.8. The van der Waals surface area contributed by atoms with Crippen LogP contribution in [0.4, 0.5) is 0 Å². The van der Waals surface area contributed by atoms with Crippen molar-refractivity contribution in [2.75, 3.05) is 34.7 Å². The molecule has 0 fully saturated rings. The number of methoxy groups -OCH3 is 2. The van der Waals surface area contributed by atoms with Crippen LogP contribution in [0.5, 0.6) is 23.0 Å². The lowest BCUT2D eigenvalue weighted by Crippen LogP contribution is -2.32. The number of carbonyl (C=O) groups excluding carboxylic acids is 1. The molecule has 1 atom stereocenters. The van der Waals surface area contributed by atoms with E-state index in [-0.39, 0.29) is 18.8 Å². The summed E-state index contributed by atoms with van der Waals surface area (Å²) in [5.41, 5.74) is 4.65. The zero-order chi connectivity index (χ0) is 21.3. The molecule has 0 amide bonds. The number of nitrogens with zero attached hydrogens (tertiary/aromatic N) is 1. The van der Waals surface area contributed by atoms with E-state index in [2.05, 4.69) is 24.1 Å². The van der Waals surface area contributed by atoms with E-state index in [0.717, 1.165) is 52.7 Å². The van der Waals surface area contributed by atoms with E-state index in [1.807, 2.05) is 12.1 Å². The minimum absolute atomic E-state index is 0.150. The van der Waals surface area contributed by atoms with Gasteiger partial charge in [-0.25, -0.2) is 0 Å². The second-order valence-corrected chi connectivity index (χ2v) is 7.57. The Hall–Kier alpha value is -2.93. The van der Waals surface area contributed by atoms with Gasteiger partial charge in [0.15, 0.2) is 23.0 Å². The smallest absolute Gasteiger partial charge is 0.302 e. The topological polar surface area (TPSA) is 66.5 Å². The average Bonchev–Trinajstić information content (AvgIpc) is 3.19. The van der Waals surface area contributed by atoms with Crippen molar-refractivity contribution >= 4 is 5.97 Å². The largest absolute Gasteiger partial charge is 0.493 e. The summed E-state index contributed by atoms with van der Waals surface area (Å²) >= 11 is 0. The molecule has 0 spiro atoms. The third kappa shape index (κ3) is 3.77. The fourth-order valence-corrected chi connectivity index (χ4v) is 4.30. The molecule has 0 aromatic heterocycles. The molecular formula is C23H27NO6. The Balaban J connectivity index is 1.69. The number of carbonyl (C=O) groups is 1. The second kappa shape index (κ2) is 8.44. The van der Waals surface area contributed by atoms with E-state index >= 15 is 0 Å². The SMILES string of the molecule is COc1ccc2c(c1OC)CN(C)C(c1cc3c(cc1CCOC(C)=O)OCO3)C2. The first-order valence-corrected chi connectivity index (χ1v) is 10.0. The molecule has 7 heteroatoms. The predicted octanol–water partition coefficient (Wildman–Crippen LogP) is 3.27. The highest BCUT2D eigenvalue weighted by atomic mass is 16.7. The highest BCUT2D eigenvalue weighted by Crippen LogP contribution is 2.44. The third-order valence-corrected chi connectivity index (χ3v) is 5.77.